The van der Waals surface area contributed by atoms with Crippen molar-refractivity contribution in [3.8, 4) is 11.5 Å². The number of anilines is 2. The molecule has 132 valence electrons. The summed E-state index contributed by atoms with van der Waals surface area (Å²) in [6, 6.07) is 11.3. The molecule has 0 unspecified atom stereocenters. The molecule has 0 atom stereocenters. The number of carbonyl (C=O) groups excluding carboxylic acids is 1. The molecule has 8 heteroatoms. The van der Waals surface area contributed by atoms with Crippen LogP contribution in [0.15, 0.2) is 42.7 Å². The number of fused-ring (bicyclic) bond motifs is 1. The lowest BCUT2D eigenvalue weighted by Crippen LogP contribution is -2.18. The number of carbonyl (C=O) groups is 1. The highest BCUT2D eigenvalue weighted by atomic mass is 16.3. The lowest BCUT2D eigenvalue weighted by atomic mass is 10.1. The number of hydrogen-bond acceptors (Lipinski definition) is 6. The van der Waals surface area contributed by atoms with E-state index in [0.717, 1.165) is 11.3 Å². The summed E-state index contributed by atoms with van der Waals surface area (Å²) in [5.41, 5.74) is 3.06. The third-order valence-corrected chi connectivity index (χ3v) is 4.32. The predicted molar refractivity (Wildman–Crippen MR) is 95.9 cm³/mol. The molecule has 1 aromatic carbocycles. The van der Waals surface area contributed by atoms with Gasteiger partial charge in [0, 0.05) is 20.1 Å². The van der Waals surface area contributed by atoms with Crippen molar-refractivity contribution >= 4 is 17.4 Å². The second kappa shape index (κ2) is 6.57. The zero-order valence-electron chi connectivity index (χ0n) is 14.3. The molecule has 3 aromatic rings. The molecule has 0 fully saturated rings. The monoisotopic (exact) mass is 350 g/mol. The molecule has 2 aromatic heterocycles. The van der Waals surface area contributed by atoms with Crippen molar-refractivity contribution in [3.05, 3.63) is 53.9 Å². The number of aromatic nitrogens is 4. The van der Waals surface area contributed by atoms with Gasteiger partial charge in [-0.2, -0.15) is 0 Å². The van der Waals surface area contributed by atoms with Gasteiger partial charge in [0.05, 0.1) is 17.9 Å². The lowest BCUT2D eigenvalue weighted by molar-refractivity contribution is 0.0817. The number of pyridine rings is 1. The average Bonchev–Trinajstić information content (AvgIpc) is 3.21. The van der Waals surface area contributed by atoms with Crippen LogP contribution in [0, 0.1) is 0 Å². The highest BCUT2D eigenvalue weighted by Gasteiger charge is 2.27. The number of nitrogens with one attached hydrogen (secondary N) is 1. The molecule has 0 saturated heterocycles. The highest BCUT2D eigenvalue weighted by molar-refractivity contribution is 6.03. The molecule has 0 aliphatic carbocycles. The maximum atomic E-state index is 12.4. The van der Waals surface area contributed by atoms with Gasteiger partial charge >= 0.3 is 0 Å². The van der Waals surface area contributed by atoms with Gasteiger partial charge in [-0.3, -0.25) is 4.79 Å². The number of amides is 1. The Kier molecular flexibility index (Phi) is 4.10. The van der Waals surface area contributed by atoms with Gasteiger partial charge in [-0.1, -0.05) is 18.2 Å². The minimum absolute atomic E-state index is 0.00180. The second-order valence-electron chi connectivity index (χ2n) is 6.11. The van der Waals surface area contributed by atoms with Gasteiger partial charge in [0.1, 0.15) is 17.8 Å². The van der Waals surface area contributed by atoms with Crippen molar-refractivity contribution in [1.82, 2.24) is 24.6 Å². The topological polar surface area (TPSA) is 96.2 Å². The fourth-order valence-electron chi connectivity index (χ4n) is 3.10. The zero-order chi connectivity index (χ0) is 18.1. The Morgan fingerprint density at radius 1 is 1.23 bits per heavy atom. The summed E-state index contributed by atoms with van der Waals surface area (Å²) in [6.07, 6.45) is 1.56. The van der Waals surface area contributed by atoms with E-state index in [1.165, 1.54) is 0 Å². The van der Waals surface area contributed by atoms with Gasteiger partial charge < -0.3 is 19.9 Å². The van der Waals surface area contributed by atoms with E-state index in [-0.39, 0.29) is 12.5 Å². The molecule has 1 aliphatic heterocycles. The molecule has 2 N–H and O–H groups in total. The Balaban J connectivity index is 1.66. The van der Waals surface area contributed by atoms with E-state index in [2.05, 4.69) is 20.5 Å². The van der Waals surface area contributed by atoms with Crippen molar-refractivity contribution in [1.29, 1.82) is 0 Å². The van der Waals surface area contributed by atoms with Crippen LogP contribution in [-0.4, -0.2) is 49.3 Å². The Bertz CT molecular complexity index is 968. The van der Waals surface area contributed by atoms with E-state index >= 15 is 0 Å². The number of aliphatic hydroxyl groups excluding tert-OH is 1. The van der Waals surface area contributed by atoms with Crippen LogP contribution in [-0.2, 0) is 13.1 Å². The van der Waals surface area contributed by atoms with E-state index < -0.39 is 0 Å². The Hall–Kier alpha value is -3.26. The highest BCUT2D eigenvalue weighted by Crippen LogP contribution is 2.30. The molecule has 26 heavy (non-hydrogen) atoms. The first-order valence-corrected chi connectivity index (χ1v) is 8.28. The number of hydrogen-bond donors (Lipinski definition) is 2. The standard InChI is InChI=1S/C18H18N6O2/c1-23-10-12-4-2-5-13(16(12)18(23)26)20-15-7-3-6-14(21-15)17-22-19-11-24(17)8-9-25/h2-7,11,25H,8-10H2,1H3,(H,20,21). The molecule has 8 nitrogen and oxygen atoms in total. The van der Waals surface area contributed by atoms with Crippen LogP contribution in [0.3, 0.4) is 0 Å². The van der Waals surface area contributed by atoms with Gasteiger partial charge in [-0.05, 0) is 23.8 Å². The number of nitrogens with zero attached hydrogens (tertiary/aromatic N) is 5. The maximum absolute atomic E-state index is 12.4. The number of benzene rings is 1. The van der Waals surface area contributed by atoms with Crippen LogP contribution >= 0.6 is 0 Å². The summed E-state index contributed by atoms with van der Waals surface area (Å²) in [7, 11) is 1.79. The fraction of sp³-hybridized carbons (Fsp3) is 0.222. The summed E-state index contributed by atoms with van der Waals surface area (Å²) >= 11 is 0. The van der Waals surface area contributed by atoms with Crippen molar-refractivity contribution in [2.24, 2.45) is 0 Å². The summed E-state index contributed by atoms with van der Waals surface area (Å²) < 4.78 is 1.74. The second-order valence-corrected chi connectivity index (χ2v) is 6.11. The summed E-state index contributed by atoms with van der Waals surface area (Å²) in [6.45, 7) is 1.00. The van der Waals surface area contributed by atoms with Crippen LogP contribution in [0.4, 0.5) is 11.5 Å². The van der Waals surface area contributed by atoms with Gasteiger partial charge in [0.2, 0.25) is 0 Å². The molecule has 1 amide bonds. The summed E-state index contributed by atoms with van der Waals surface area (Å²) in [5, 5.41) is 20.4. The number of rotatable bonds is 5. The van der Waals surface area contributed by atoms with Crippen LogP contribution in [0.1, 0.15) is 15.9 Å². The van der Waals surface area contributed by atoms with Gasteiger partial charge in [0.25, 0.3) is 5.91 Å². The Morgan fingerprint density at radius 3 is 2.92 bits per heavy atom. The molecule has 0 radical (unpaired) electrons. The van der Waals surface area contributed by atoms with Gasteiger partial charge in [-0.15, -0.1) is 10.2 Å². The van der Waals surface area contributed by atoms with E-state index in [0.29, 0.717) is 36.0 Å². The normalized spacial score (nSPS) is 13.2. The first-order valence-electron chi connectivity index (χ1n) is 8.28. The van der Waals surface area contributed by atoms with E-state index in [4.69, 9.17) is 5.11 Å². The fourth-order valence-corrected chi connectivity index (χ4v) is 3.10. The maximum Gasteiger partial charge on any atom is 0.256 e. The van der Waals surface area contributed by atoms with Crippen molar-refractivity contribution < 1.29 is 9.90 Å². The first kappa shape index (κ1) is 16.2. The van der Waals surface area contributed by atoms with Crippen LogP contribution in [0.2, 0.25) is 0 Å². The molecule has 0 bridgehead atoms. The molecular formula is C18H18N6O2. The zero-order valence-corrected chi connectivity index (χ0v) is 14.3. The molecule has 0 saturated carbocycles. The van der Waals surface area contributed by atoms with Crippen LogP contribution in [0.25, 0.3) is 11.5 Å². The quantitative estimate of drug-likeness (QED) is 0.726. The molecule has 0 spiro atoms. The van der Waals surface area contributed by atoms with E-state index in [9.17, 15) is 4.79 Å². The first-order chi connectivity index (χ1) is 12.7. The Morgan fingerprint density at radius 2 is 2.08 bits per heavy atom. The van der Waals surface area contributed by atoms with Gasteiger partial charge in [-0.25, -0.2) is 4.98 Å². The van der Waals surface area contributed by atoms with Gasteiger partial charge in [0.15, 0.2) is 5.82 Å². The molecule has 3 heterocycles. The SMILES string of the molecule is CN1Cc2cccc(Nc3cccc(-c4nncn4CCO)n3)c2C1=O. The minimum Gasteiger partial charge on any atom is -0.395 e. The van der Waals surface area contributed by atoms with Crippen LogP contribution in [0.5, 0.6) is 0 Å². The van der Waals surface area contributed by atoms with Crippen LogP contribution < -0.4 is 5.32 Å². The summed E-state index contributed by atoms with van der Waals surface area (Å²) in [5.74, 6) is 1.19. The summed E-state index contributed by atoms with van der Waals surface area (Å²) in [4.78, 5) is 18.7. The van der Waals surface area contributed by atoms with E-state index in [1.54, 1.807) is 22.8 Å². The molecule has 1 aliphatic rings. The minimum atomic E-state index is -0.00520. The van der Waals surface area contributed by atoms with Crippen molar-refractivity contribution in [2.45, 2.75) is 13.1 Å². The smallest absolute Gasteiger partial charge is 0.256 e. The van der Waals surface area contributed by atoms with Crippen molar-refractivity contribution in [2.75, 3.05) is 19.0 Å². The number of aliphatic hydroxyl groups is 1. The third-order valence-electron chi connectivity index (χ3n) is 4.32. The predicted octanol–water partition coefficient (Wildman–Crippen LogP) is 1.66. The molecular weight excluding hydrogens is 332 g/mol. The average molecular weight is 350 g/mol. The largest absolute Gasteiger partial charge is 0.395 e. The Labute approximate surface area is 150 Å². The lowest BCUT2D eigenvalue weighted by Gasteiger charge is -2.11. The van der Waals surface area contributed by atoms with E-state index in [1.807, 2.05) is 36.4 Å². The molecule has 4 rings (SSSR count). The third kappa shape index (κ3) is 2.80. The van der Waals surface area contributed by atoms with Crippen molar-refractivity contribution in [3.63, 3.8) is 0 Å².